The van der Waals surface area contributed by atoms with E-state index in [1.807, 2.05) is 35.9 Å². The van der Waals surface area contributed by atoms with E-state index in [1.165, 1.54) is 7.11 Å². The van der Waals surface area contributed by atoms with Gasteiger partial charge in [0, 0.05) is 35.3 Å². The number of hydrogen-bond donors (Lipinski definition) is 1. The SMILES string of the molecule is COc1ncc(C2CC(=O)Nc3c2c(C)nn3Cc2cccc(Cl)c2)cn1. The fraction of sp³-hybridized carbons (Fsp3) is 0.263. The summed E-state index contributed by atoms with van der Waals surface area (Å²) in [6.45, 7) is 2.46. The van der Waals surface area contributed by atoms with Crippen LogP contribution in [0, 0.1) is 6.92 Å². The number of aromatic nitrogens is 4. The molecule has 1 atom stereocenters. The van der Waals surface area contributed by atoms with Crippen molar-refractivity contribution in [2.75, 3.05) is 12.4 Å². The Morgan fingerprint density at radius 2 is 2.11 bits per heavy atom. The van der Waals surface area contributed by atoms with Gasteiger partial charge in [-0.2, -0.15) is 5.10 Å². The largest absolute Gasteiger partial charge is 0.467 e. The van der Waals surface area contributed by atoms with Crippen molar-refractivity contribution in [3.63, 3.8) is 0 Å². The molecule has 4 rings (SSSR count). The van der Waals surface area contributed by atoms with E-state index in [4.69, 9.17) is 16.3 Å². The molecule has 1 unspecified atom stereocenters. The first kappa shape index (κ1) is 17.5. The number of methoxy groups -OCH3 is 1. The van der Waals surface area contributed by atoms with Crippen molar-refractivity contribution >= 4 is 23.3 Å². The van der Waals surface area contributed by atoms with Gasteiger partial charge in [0.25, 0.3) is 0 Å². The summed E-state index contributed by atoms with van der Waals surface area (Å²) in [5.74, 6) is 0.507. The van der Waals surface area contributed by atoms with Crippen LogP contribution < -0.4 is 10.1 Å². The zero-order valence-corrected chi connectivity index (χ0v) is 15.7. The highest BCUT2D eigenvalue weighted by atomic mass is 35.5. The van der Waals surface area contributed by atoms with Gasteiger partial charge in [-0.25, -0.2) is 14.6 Å². The average Bonchev–Trinajstić information content (AvgIpc) is 2.96. The molecule has 0 fully saturated rings. The lowest BCUT2D eigenvalue weighted by atomic mass is 9.87. The second-order valence-electron chi connectivity index (χ2n) is 6.44. The highest BCUT2D eigenvalue weighted by Crippen LogP contribution is 2.39. The van der Waals surface area contributed by atoms with Gasteiger partial charge < -0.3 is 10.1 Å². The number of ether oxygens (including phenoxy) is 1. The maximum Gasteiger partial charge on any atom is 0.316 e. The Morgan fingerprint density at radius 3 is 2.81 bits per heavy atom. The molecule has 27 heavy (non-hydrogen) atoms. The molecule has 7 nitrogen and oxygen atoms in total. The van der Waals surface area contributed by atoms with Gasteiger partial charge in [-0.3, -0.25) is 4.79 Å². The molecule has 1 N–H and O–H groups in total. The Balaban J connectivity index is 1.73. The number of aryl methyl sites for hydroxylation is 1. The van der Waals surface area contributed by atoms with E-state index in [0.717, 1.165) is 22.4 Å². The first-order valence-electron chi connectivity index (χ1n) is 8.52. The van der Waals surface area contributed by atoms with Crippen LogP contribution in [0.5, 0.6) is 6.01 Å². The van der Waals surface area contributed by atoms with Gasteiger partial charge in [-0.05, 0) is 30.2 Å². The minimum atomic E-state index is -0.146. The van der Waals surface area contributed by atoms with Gasteiger partial charge >= 0.3 is 6.01 Å². The van der Waals surface area contributed by atoms with Gasteiger partial charge in [-0.1, -0.05) is 23.7 Å². The molecule has 1 aliphatic rings. The molecule has 0 spiro atoms. The van der Waals surface area contributed by atoms with Crippen LogP contribution in [0.15, 0.2) is 36.7 Å². The molecule has 0 aliphatic carbocycles. The lowest BCUT2D eigenvalue weighted by Crippen LogP contribution is -2.25. The van der Waals surface area contributed by atoms with Crippen LogP contribution in [0.1, 0.15) is 34.7 Å². The molecular formula is C19H18ClN5O2. The number of carbonyl (C=O) groups is 1. The van der Waals surface area contributed by atoms with E-state index >= 15 is 0 Å². The van der Waals surface area contributed by atoms with Gasteiger partial charge in [0.1, 0.15) is 5.82 Å². The Kier molecular flexibility index (Phi) is 4.53. The third kappa shape index (κ3) is 3.38. The molecule has 1 aromatic carbocycles. The Morgan fingerprint density at radius 1 is 1.33 bits per heavy atom. The quantitative estimate of drug-likeness (QED) is 0.748. The number of halogens is 1. The van der Waals surface area contributed by atoms with E-state index in [2.05, 4.69) is 20.4 Å². The van der Waals surface area contributed by atoms with Crippen molar-refractivity contribution in [2.24, 2.45) is 0 Å². The van der Waals surface area contributed by atoms with Crippen LogP contribution >= 0.6 is 11.6 Å². The smallest absolute Gasteiger partial charge is 0.316 e. The van der Waals surface area contributed by atoms with Gasteiger partial charge in [0.05, 0.1) is 19.3 Å². The summed E-state index contributed by atoms with van der Waals surface area (Å²) in [5, 5.41) is 8.29. The Hall–Kier alpha value is -2.93. The van der Waals surface area contributed by atoms with E-state index in [0.29, 0.717) is 29.8 Å². The summed E-state index contributed by atoms with van der Waals surface area (Å²) in [6, 6.07) is 7.90. The van der Waals surface area contributed by atoms with Gasteiger partial charge in [0.2, 0.25) is 5.91 Å². The van der Waals surface area contributed by atoms with Crippen LogP contribution in [0.2, 0.25) is 5.02 Å². The summed E-state index contributed by atoms with van der Waals surface area (Å²) in [5.41, 5.74) is 3.73. The third-order valence-electron chi connectivity index (χ3n) is 4.62. The maximum atomic E-state index is 12.4. The Labute approximate surface area is 161 Å². The van der Waals surface area contributed by atoms with E-state index in [9.17, 15) is 4.79 Å². The lowest BCUT2D eigenvalue weighted by Gasteiger charge is -2.24. The molecule has 3 heterocycles. The fourth-order valence-electron chi connectivity index (χ4n) is 3.43. The van der Waals surface area contributed by atoms with Crippen LogP contribution in [0.25, 0.3) is 0 Å². The van der Waals surface area contributed by atoms with Crippen molar-refractivity contribution in [3.8, 4) is 6.01 Å². The zero-order chi connectivity index (χ0) is 19.0. The van der Waals surface area contributed by atoms with Crippen LogP contribution in [0.4, 0.5) is 5.82 Å². The van der Waals surface area contributed by atoms with Crippen molar-refractivity contribution in [2.45, 2.75) is 25.8 Å². The number of rotatable bonds is 4. The number of nitrogens with zero attached hydrogens (tertiary/aromatic N) is 4. The lowest BCUT2D eigenvalue weighted by molar-refractivity contribution is -0.116. The summed E-state index contributed by atoms with van der Waals surface area (Å²) in [4.78, 5) is 20.7. The topological polar surface area (TPSA) is 81.9 Å². The van der Waals surface area contributed by atoms with Crippen LogP contribution in [-0.4, -0.2) is 32.8 Å². The first-order chi connectivity index (χ1) is 13.0. The van der Waals surface area contributed by atoms with E-state index in [1.54, 1.807) is 12.4 Å². The van der Waals surface area contributed by atoms with E-state index < -0.39 is 0 Å². The van der Waals surface area contributed by atoms with Crippen LogP contribution in [-0.2, 0) is 11.3 Å². The minimum Gasteiger partial charge on any atom is -0.467 e. The van der Waals surface area contributed by atoms with Crippen LogP contribution in [0.3, 0.4) is 0 Å². The number of anilines is 1. The maximum absolute atomic E-state index is 12.4. The summed E-state index contributed by atoms with van der Waals surface area (Å²) in [6.07, 6.45) is 3.73. The highest BCUT2D eigenvalue weighted by Gasteiger charge is 2.32. The number of carbonyl (C=O) groups excluding carboxylic acids is 1. The normalized spacial score (nSPS) is 16.0. The molecular weight excluding hydrogens is 366 g/mol. The number of nitrogens with one attached hydrogen (secondary N) is 1. The Bertz CT molecular complexity index is 1000. The first-order valence-corrected chi connectivity index (χ1v) is 8.90. The molecule has 8 heteroatoms. The van der Waals surface area contributed by atoms with Crippen molar-refractivity contribution in [1.29, 1.82) is 0 Å². The second-order valence-corrected chi connectivity index (χ2v) is 6.88. The number of hydrogen-bond acceptors (Lipinski definition) is 5. The summed E-state index contributed by atoms with van der Waals surface area (Å²) < 4.78 is 6.83. The zero-order valence-electron chi connectivity index (χ0n) is 14.9. The fourth-order valence-corrected chi connectivity index (χ4v) is 3.65. The average molecular weight is 384 g/mol. The summed E-state index contributed by atoms with van der Waals surface area (Å²) in [7, 11) is 1.52. The third-order valence-corrected chi connectivity index (χ3v) is 4.86. The molecule has 3 aromatic rings. The minimum absolute atomic E-state index is 0.0597. The van der Waals surface area contributed by atoms with E-state index in [-0.39, 0.29) is 11.8 Å². The molecule has 0 saturated carbocycles. The molecule has 138 valence electrons. The molecule has 0 bridgehead atoms. The molecule has 1 aliphatic heterocycles. The number of benzene rings is 1. The van der Waals surface area contributed by atoms with Crippen molar-refractivity contribution in [1.82, 2.24) is 19.7 Å². The molecule has 0 radical (unpaired) electrons. The predicted molar refractivity (Wildman–Crippen MR) is 101 cm³/mol. The van der Waals surface area contributed by atoms with Crippen molar-refractivity contribution < 1.29 is 9.53 Å². The summed E-state index contributed by atoms with van der Waals surface area (Å²) >= 11 is 6.09. The van der Waals surface area contributed by atoms with Gasteiger partial charge in [-0.15, -0.1) is 0 Å². The number of fused-ring (bicyclic) bond motifs is 1. The molecule has 2 aromatic heterocycles. The molecule has 0 saturated heterocycles. The molecule has 1 amide bonds. The monoisotopic (exact) mass is 383 g/mol. The highest BCUT2D eigenvalue weighted by molar-refractivity contribution is 6.30. The van der Waals surface area contributed by atoms with Gasteiger partial charge in [0.15, 0.2) is 0 Å². The predicted octanol–water partition coefficient (Wildman–Crippen LogP) is 3.17. The van der Waals surface area contributed by atoms with Crippen molar-refractivity contribution in [3.05, 3.63) is 64.1 Å². The number of amides is 1. The second kappa shape index (κ2) is 7.00. The standard InChI is InChI=1S/C19H18ClN5O2/c1-11-17-15(13-8-21-19(27-2)22-9-13)7-16(26)23-18(17)25(24-11)10-12-4-3-5-14(20)6-12/h3-6,8-9,15H,7,10H2,1-2H3,(H,23,26).